The lowest BCUT2D eigenvalue weighted by atomic mass is 9.82. The highest BCUT2D eigenvalue weighted by Gasteiger charge is 2.35. The highest BCUT2D eigenvalue weighted by Crippen LogP contribution is 2.51. The Morgan fingerprint density at radius 3 is 1.96 bits per heavy atom. The fraction of sp³-hybridized carbons (Fsp3) is 0.0625. The number of thiazole rings is 1. The second-order valence-corrected chi connectivity index (χ2v) is 15.0. The van der Waals surface area contributed by atoms with Gasteiger partial charge in [0, 0.05) is 33.1 Å². The van der Waals surface area contributed by atoms with Crippen LogP contribution in [0.2, 0.25) is 0 Å². The van der Waals surface area contributed by atoms with Gasteiger partial charge in [0.05, 0.1) is 15.9 Å². The Morgan fingerprint density at radius 1 is 0.471 bits per heavy atom. The van der Waals surface area contributed by atoms with Crippen LogP contribution in [-0.4, -0.2) is 4.98 Å². The van der Waals surface area contributed by atoms with Crippen LogP contribution in [0.25, 0.3) is 64.6 Å². The van der Waals surface area contributed by atoms with E-state index >= 15 is 0 Å². The molecule has 1 aliphatic carbocycles. The van der Waals surface area contributed by atoms with Gasteiger partial charge in [0.25, 0.3) is 0 Å². The number of benzene rings is 8. The normalized spacial score (nSPS) is 13.1. The maximum atomic E-state index is 5.04. The molecule has 0 aliphatic heterocycles. The zero-order valence-electron chi connectivity index (χ0n) is 28.5. The first-order valence-corrected chi connectivity index (χ1v) is 18.4. The lowest BCUT2D eigenvalue weighted by Gasteiger charge is -2.29. The first-order chi connectivity index (χ1) is 25.0. The number of fused-ring (bicyclic) bond motifs is 8. The molecule has 0 fully saturated rings. The third-order valence-corrected chi connectivity index (χ3v) is 11.8. The van der Waals surface area contributed by atoms with Crippen LogP contribution in [0.4, 0.5) is 17.1 Å². The fourth-order valence-electron chi connectivity index (χ4n) is 8.16. The van der Waals surface area contributed by atoms with Gasteiger partial charge in [-0.2, -0.15) is 0 Å². The number of hydrogen-bond donors (Lipinski definition) is 0. The summed E-state index contributed by atoms with van der Waals surface area (Å²) in [6.45, 7) is 4.71. The van der Waals surface area contributed by atoms with E-state index in [0.717, 1.165) is 33.1 Å². The van der Waals surface area contributed by atoms with Gasteiger partial charge in [-0.25, -0.2) is 4.98 Å². The van der Waals surface area contributed by atoms with Gasteiger partial charge in [-0.1, -0.05) is 147 Å². The maximum Gasteiger partial charge on any atom is 0.124 e. The molecule has 0 atom stereocenters. The van der Waals surface area contributed by atoms with Crippen molar-refractivity contribution >= 4 is 60.2 Å². The van der Waals surface area contributed by atoms with Crippen molar-refractivity contribution < 1.29 is 0 Å². The highest BCUT2D eigenvalue weighted by atomic mass is 32.1. The van der Waals surface area contributed by atoms with Gasteiger partial charge in [0.2, 0.25) is 0 Å². The lowest BCUT2D eigenvalue weighted by Crippen LogP contribution is -2.16. The van der Waals surface area contributed by atoms with Crippen LogP contribution in [0, 0.1) is 0 Å². The third-order valence-electron chi connectivity index (χ3n) is 10.7. The molecular formula is C48H34N2S. The van der Waals surface area contributed by atoms with Crippen LogP contribution < -0.4 is 4.90 Å². The number of hydrogen-bond acceptors (Lipinski definition) is 3. The SMILES string of the molecule is CC1(C)c2ccccc2-c2ccc(N(c3cccc(-c4ccccc4)c3)c3cccc4c3ccc3c4ccc4nc(-c5ccccc5)sc43)cc21. The molecule has 0 saturated carbocycles. The Balaban J connectivity index is 1.19. The summed E-state index contributed by atoms with van der Waals surface area (Å²) in [6, 6.07) is 61.9. The zero-order valence-corrected chi connectivity index (χ0v) is 29.3. The molecular weight excluding hydrogens is 637 g/mol. The molecule has 0 amide bonds. The van der Waals surface area contributed by atoms with E-state index in [9.17, 15) is 0 Å². The maximum absolute atomic E-state index is 5.04. The van der Waals surface area contributed by atoms with Crippen molar-refractivity contribution in [3.8, 4) is 32.8 Å². The Labute approximate surface area is 301 Å². The molecule has 2 nitrogen and oxygen atoms in total. The van der Waals surface area contributed by atoms with E-state index in [1.54, 1.807) is 11.3 Å². The monoisotopic (exact) mass is 670 g/mol. The highest BCUT2D eigenvalue weighted by molar-refractivity contribution is 7.22. The molecule has 8 aromatic carbocycles. The van der Waals surface area contributed by atoms with Crippen molar-refractivity contribution in [2.24, 2.45) is 0 Å². The minimum absolute atomic E-state index is 0.104. The fourth-order valence-corrected chi connectivity index (χ4v) is 9.25. The van der Waals surface area contributed by atoms with E-state index in [2.05, 4.69) is 189 Å². The second kappa shape index (κ2) is 11.5. The Morgan fingerprint density at radius 2 is 1.12 bits per heavy atom. The first kappa shape index (κ1) is 29.8. The quantitative estimate of drug-likeness (QED) is 0.169. The standard InChI is InChI=1S/C48H34N2S/c1-48(2)42-21-10-9-19-38(42)39-24-23-35(30-43(39)48)50(34-18-11-17-33(29-34)31-13-5-3-6-14-31)45-22-12-20-36-37-27-28-44-46(41(37)26-25-40(36)45)51-47(49-44)32-15-7-4-8-16-32/h3-30H,1-2H3. The summed E-state index contributed by atoms with van der Waals surface area (Å²) in [5, 5.41) is 5.99. The molecule has 1 aromatic heterocycles. The molecule has 0 N–H and O–H groups in total. The Bertz CT molecular complexity index is 2780. The van der Waals surface area contributed by atoms with Crippen molar-refractivity contribution in [2.45, 2.75) is 19.3 Å². The molecule has 10 rings (SSSR count). The summed E-state index contributed by atoms with van der Waals surface area (Å²) in [4.78, 5) is 7.49. The van der Waals surface area contributed by atoms with Gasteiger partial charge < -0.3 is 4.90 Å². The summed E-state index contributed by atoms with van der Waals surface area (Å²) in [6.07, 6.45) is 0. The first-order valence-electron chi connectivity index (χ1n) is 17.5. The van der Waals surface area contributed by atoms with E-state index in [-0.39, 0.29) is 5.41 Å². The summed E-state index contributed by atoms with van der Waals surface area (Å²) in [5.41, 5.74) is 13.3. The average molecular weight is 671 g/mol. The van der Waals surface area contributed by atoms with Crippen molar-refractivity contribution in [1.82, 2.24) is 4.98 Å². The van der Waals surface area contributed by atoms with E-state index < -0.39 is 0 Å². The van der Waals surface area contributed by atoms with Gasteiger partial charge in [-0.3, -0.25) is 0 Å². The number of nitrogens with zero attached hydrogens (tertiary/aromatic N) is 2. The summed E-state index contributed by atoms with van der Waals surface area (Å²) in [5.74, 6) is 0. The van der Waals surface area contributed by atoms with Gasteiger partial charge in [0.15, 0.2) is 0 Å². The molecule has 0 saturated heterocycles. The molecule has 51 heavy (non-hydrogen) atoms. The number of aromatic nitrogens is 1. The van der Waals surface area contributed by atoms with E-state index in [1.807, 2.05) is 0 Å². The van der Waals surface area contributed by atoms with E-state index in [0.29, 0.717) is 0 Å². The average Bonchev–Trinajstić information content (AvgIpc) is 3.73. The van der Waals surface area contributed by atoms with Crippen LogP contribution in [0.5, 0.6) is 0 Å². The van der Waals surface area contributed by atoms with Crippen LogP contribution in [0.1, 0.15) is 25.0 Å². The van der Waals surface area contributed by atoms with Gasteiger partial charge in [-0.05, 0) is 80.6 Å². The van der Waals surface area contributed by atoms with Crippen LogP contribution in [0.15, 0.2) is 170 Å². The predicted octanol–water partition coefficient (Wildman–Crippen LogP) is 13.7. The van der Waals surface area contributed by atoms with Crippen molar-refractivity contribution in [2.75, 3.05) is 4.90 Å². The second-order valence-electron chi connectivity index (χ2n) is 14.0. The predicted molar refractivity (Wildman–Crippen MR) is 218 cm³/mol. The summed E-state index contributed by atoms with van der Waals surface area (Å²) >= 11 is 1.78. The Hall–Kier alpha value is -6.03. The summed E-state index contributed by atoms with van der Waals surface area (Å²) < 4.78 is 1.23. The van der Waals surface area contributed by atoms with Crippen LogP contribution in [0.3, 0.4) is 0 Å². The van der Waals surface area contributed by atoms with Crippen molar-refractivity contribution in [3.63, 3.8) is 0 Å². The largest absolute Gasteiger partial charge is 0.310 e. The number of rotatable bonds is 5. The molecule has 9 aromatic rings. The molecule has 0 spiro atoms. The van der Waals surface area contributed by atoms with E-state index in [1.165, 1.54) is 59.6 Å². The molecule has 0 bridgehead atoms. The van der Waals surface area contributed by atoms with Crippen molar-refractivity contribution in [3.05, 3.63) is 181 Å². The Kier molecular flexibility index (Phi) is 6.74. The van der Waals surface area contributed by atoms with Crippen molar-refractivity contribution in [1.29, 1.82) is 0 Å². The molecule has 242 valence electrons. The number of anilines is 3. The van der Waals surface area contributed by atoms with Gasteiger partial charge >= 0.3 is 0 Å². The summed E-state index contributed by atoms with van der Waals surface area (Å²) in [7, 11) is 0. The molecule has 1 heterocycles. The topological polar surface area (TPSA) is 16.1 Å². The molecule has 0 unspecified atom stereocenters. The van der Waals surface area contributed by atoms with E-state index in [4.69, 9.17) is 4.98 Å². The van der Waals surface area contributed by atoms with Crippen LogP contribution in [-0.2, 0) is 5.41 Å². The molecule has 0 radical (unpaired) electrons. The molecule has 3 heteroatoms. The van der Waals surface area contributed by atoms with Gasteiger partial charge in [0.1, 0.15) is 5.01 Å². The minimum Gasteiger partial charge on any atom is -0.310 e. The lowest BCUT2D eigenvalue weighted by molar-refractivity contribution is 0.660. The third kappa shape index (κ3) is 4.73. The smallest absolute Gasteiger partial charge is 0.124 e. The van der Waals surface area contributed by atoms with Crippen LogP contribution >= 0.6 is 11.3 Å². The minimum atomic E-state index is -0.104. The van der Waals surface area contributed by atoms with Gasteiger partial charge in [-0.15, -0.1) is 11.3 Å². The zero-order chi connectivity index (χ0) is 34.1. The molecule has 1 aliphatic rings.